The van der Waals surface area contributed by atoms with Gasteiger partial charge >= 0.3 is 0 Å². The number of nitrogens with one attached hydrogen (secondary N) is 2. The van der Waals surface area contributed by atoms with E-state index in [1.54, 1.807) is 19.2 Å². The third-order valence-electron chi connectivity index (χ3n) is 5.69. The standard InChI is InChI=1S/C23H27N3O4/c1-28-16-12-19(29-2)21(20(13-16)30-3)23(27)24-15-9-10-17-18(11-15)26-22(25-17)14-7-5-4-6-8-14/h9-14H,4-8H2,1-3H3,(H,24,27)(H,25,26). The van der Waals surface area contributed by atoms with Gasteiger partial charge in [0.2, 0.25) is 0 Å². The molecule has 7 nitrogen and oxygen atoms in total. The zero-order valence-corrected chi connectivity index (χ0v) is 17.6. The van der Waals surface area contributed by atoms with Crippen LogP contribution >= 0.6 is 0 Å². The average molecular weight is 409 g/mol. The van der Waals surface area contributed by atoms with Gasteiger partial charge in [0.25, 0.3) is 5.91 Å². The number of rotatable bonds is 6. The number of ether oxygens (including phenoxy) is 3. The van der Waals surface area contributed by atoms with Gasteiger partial charge in [-0.2, -0.15) is 0 Å². The molecular weight excluding hydrogens is 382 g/mol. The number of nitrogens with zero attached hydrogens (tertiary/aromatic N) is 1. The van der Waals surface area contributed by atoms with E-state index < -0.39 is 0 Å². The molecular formula is C23H27N3O4. The molecule has 0 spiro atoms. The number of hydrogen-bond donors (Lipinski definition) is 2. The fourth-order valence-corrected chi connectivity index (χ4v) is 4.10. The first-order chi connectivity index (χ1) is 14.6. The van der Waals surface area contributed by atoms with Crippen LogP contribution in [0.3, 0.4) is 0 Å². The number of amides is 1. The van der Waals surface area contributed by atoms with E-state index in [0.29, 0.717) is 34.4 Å². The van der Waals surface area contributed by atoms with Gasteiger partial charge in [0.15, 0.2) is 0 Å². The number of carbonyl (C=O) groups excluding carboxylic acids is 1. The molecule has 0 bridgehead atoms. The molecule has 1 amide bonds. The summed E-state index contributed by atoms with van der Waals surface area (Å²) in [6.45, 7) is 0. The van der Waals surface area contributed by atoms with Crippen LogP contribution in [0.15, 0.2) is 30.3 Å². The number of methoxy groups -OCH3 is 3. The Kier molecular flexibility index (Phi) is 5.79. The summed E-state index contributed by atoms with van der Waals surface area (Å²) in [5.74, 6) is 2.53. The maximum atomic E-state index is 13.0. The lowest BCUT2D eigenvalue weighted by molar-refractivity contribution is 0.102. The molecule has 30 heavy (non-hydrogen) atoms. The number of carbonyl (C=O) groups is 1. The van der Waals surface area contributed by atoms with Crippen LogP contribution in [0.2, 0.25) is 0 Å². The average Bonchev–Trinajstić information content (AvgIpc) is 3.22. The zero-order valence-electron chi connectivity index (χ0n) is 17.6. The number of aromatic amines is 1. The Hall–Kier alpha value is -3.22. The van der Waals surface area contributed by atoms with Crippen LogP contribution < -0.4 is 19.5 Å². The Labute approximate surface area is 175 Å². The molecule has 1 heterocycles. The van der Waals surface area contributed by atoms with Gasteiger partial charge in [-0.1, -0.05) is 19.3 Å². The number of hydrogen-bond acceptors (Lipinski definition) is 5. The van der Waals surface area contributed by atoms with E-state index in [4.69, 9.17) is 19.2 Å². The van der Waals surface area contributed by atoms with Crippen LogP contribution in [0.4, 0.5) is 5.69 Å². The highest BCUT2D eigenvalue weighted by atomic mass is 16.5. The van der Waals surface area contributed by atoms with E-state index in [-0.39, 0.29) is 5.91 Å². The van der Waals surface area contributed by atoms with E-state index in [1.165, 1.54) is 46.3 Å². The molecule has 3 aromatic rings. The van der Waals surface area contributed by atoms with Crippen molar-refractivity contribution in [2.75, 3.05) is 26.6 Å². The van der Waals surface area contributed by atoms with Crippen LogP contribution in [0, 0.1) is 0 Å². The van der Waals surface area contributed by atoms with Crippen molar-refractivity contribution in [2.45, 2.75) is 38.0 Å². The monoisotopic (exact) mass is 409 g/mol. The largest absolute Gasteiger partial charge is 0.496 e. The number of imidazole rings is 1. The Bertz CT molecular complexity index is 1030. The summed E-state index contributed by atoms with van der Waals surface area (Å²) >= 11 is 0. The minimum absolute atomic E-state index is 0.313. The van der Waals surface area contributed by atoms with Gasteiger partial charge in [-0.3, -0.25) is 4.79 Å². The predicted octanol–water partition coefficient (Wildman–Crippen LogP) is 4.89. The molecule has 1 saturated carbocycles. The molecule has 158 valence electrons. The SMILES string of the molecule is COc1cc(OC)c(C(=O)Nc2ccc3nc(C4CCCCC4)[nH]c3c2)c(OC)c1. The quantitative estimate of drug-likeness (QED) is 0.605. The zero-order chi connectivity index (χ0) is 21.1. The molecule has 0 radical (unpaired) electrons. The first kappa shape index (κ1) is 20.1. The molecule has 1 aromatic heterocycles. The normalized spacial score (nSPS) is 14.5. The second kappa shape index (κ2) is 8.65. The molecule has 4 rings (SSSR count). The van der Waals surface area contributed by atoms with E-state index >= 15 is 0 Å². The van der Waals surface area contributed by atoms with Crippen molar-refractivity contribution in [3.05, 3.63) is 41.7 Å². The number of fused-ring (bicyclic) bond motifs is 1. The Balaban J connectivity index is 1.60. The van der Waals surface area contributed by atoms with Crippen LogP contribution in [0.5, 0.6) is 17.2 Å². The van der Waals surface area contributed by atoms with Crippen LogP contribution in [-0.2, 0) is 0 Å². The minimum Gasteiger partial charge on any atom is -0.496 e. The molecule has 1 aliphatic carbocycles. The second-order valence-electron chi connectivity index (χ2n) is 7.55. The fourth-order valence-electron chi connectivity index (χ4n) is 4.10. The molecule has 0 unspecified atom stereocenters. The molecule has 0 aliphatic heterocycles. The molecule has 0 saturated heterocycles. The van der Waals surface area contributed by atoms with Crippen molar-refractivity contribution in [3.63, 3.8) is 0 Å². The molecule has 0 atom stereocenters. The van der Waals surface area contributed by atoms with Crippen molar-refractivity contribution in [1.29, 1.82) is 0 Å². The van der Waals surface area contributed by atoms with Crippen LogP contribution in [0.25, 0.3) is 11.0 Å². The summed E-state index contributed by atoms with van der Waals surface area (Å²) < 4.78 is 16.0. The highest BCUT2D eigenvalue weighted by Crippen LogP contribution is 2.35. The van der Waals surface area contributed by atoms with Crippen molar-refractivity contribution in [3.8, 4) is 17.2 Å². The van der Waals surface area contributed by atoms with Gasteiger partial charge in [0.05, 0.1) is 32.4 Å². The van der Waals surface area contributed by atoms with Crippen LogP contribution in [0.1, 0.15) is 54.2 Å². The minimum atomic E-state index is -0.322. The first-order valence-electron chi connectivity index (χ1n) is 10.2. The lowest BCUT2D eigenvalue weighted by Gasteiger charge is -2.18. The topological polar surface area (TPSA) is 85.5 Å². The Morgan fingerprint density at radius 3 is 2.33 bits per heavy atom. The lowest BCUT2D eigenvalue weighted by Crippen LogP contribution is -2.14. The lowest BCUT2D eigenvalue weighted by atomic mass is 9.89. The molecule has 2 aromatic carbocycles. The van der Waals surface area contributed by atoms with E-state index in [0.717, 1.165) is 16.9 Å². The Morgan fingerprint density at radius 2 is 1.70 bits per heavy atom. The summed E-state index contributed by atoms with van der Waals surface area (Å²) in [4.78, 5) is 21.2. The van der Waals surface area contributed by atoms with Crippen molar-refractivity contribution >= 4 is 22.6 Å². The summed E-state index contributed by atoms with van der Waals surface area (Å²) in [5, 5.41) is 2.94. The van der Waals surface area contributed by atoms with Gasteiger partial charge < -0.3 is 24.5 Å². The third kappa shape index (κ3) is 3.92. The maximum Gasteiger partial charge on any atom is 0.263 e. The van der Waals surface area contributed by atoms with E-state index in [2.05, 4.69) is 10.3 Å². The van der Waals surface area contributed by atoms with Gasteiger partial charge in [0.1, 0.15) is 28.6 Å². The van der Waals surface area contributed by atoms with Crippen molar-refractivity contribution in [2.24, 2.45) is 0 Å². The molecule has 2 N–H and O–H groups in total. The molecule has 7 heteroatoms. The second-order valence-corrected chi connectivity index (χ2v) is 7.55. The van der Waals surface area contributed by atoms with Crippen molar-refractivity contribution in [1.82, 2.24) is 9.97 Å². The summed E-state index contributed by atoms with van der Waals surface area (Å²) in [7, 11) is 4.57. The number of benzene rings is 2. The maximum absolute atomic E-state index is 13.0. The van der Waals surface area contributed by atoms with Crippen molar-refractivity contribution < 1.29 is 19.0 Å². The van der Waals surface area contributed by atoms with Gasteiger partial charge in [-0.15, -0.1) is 0 Å². The van der Waals surface area contributed by atoms with Crippen LogP contribution in [-0.4, -0.2) is 37.2 Å². The fraction of sp³-hybridized carbons (Fsp3) is 0.391. The summed E-state index contributed by atoms with van der Waals surface area (Å²) in [6, 6.07) is 9.01. The highest BCUT2D eigenvalue weighted by Gasteiger charge is 2.22. The highest BCUT2D eigenvalue weighted by molar-refractivity contribution is 6.09. The Morgan fingerprint density at radius 1 is 1.00 bits per heavy atom. The molecule has 1 fully saturated rings. The predicted molar refractivity (Wildman–Crippen MR) is 116 cm³/mol. The number of aromatic nitrogens is 2. The van der Waals surface area contributed by atoms with E-state index in [9.17, 15) is 4.79 Å². The number of anilines is 1. The van der Waals surface area contributed by atoms with Gasteiger partial charge in [-0.05, 0) is 31.0 Å². The van der Waals surface area contributed by atoms with E-state index in [1.807, 2.05) is 18.2 Å². The summed E-state index contributed by atoms with van der Waals surface area (Å²) in [5.41, 5.74) is 2.81. The smallest absolute Gasteiger partial charge is 0.263 e. The number of H-pyrrole nitrogens is 1. The summed E-state index contributed by atoms with van der Waals surface area (Å²) in [6.07, 6.45) is 6.19. The van der Waals surface area contributed by atoms with Gasteiger partial charge in [-0.25, -0.2) is 4.98 Å². The van der Waals surface area contributed by atoms with Gasteiger partial charge in [0, 0.05) is 23.7 Å². The molecule has 1 aliphatic rings. The first-order valence-corrected chi connectivity index (χ1v) is 10.2. The third-order valence-corrected chi connectivity index (χ3v) is 5.69.